The molecule has 2 heterocycles. The van der Waals surface area contributed by atoms with E-state index >= 15 is 0 Å². The summed E-state index contributed by atoms with van der Waals surface area (Å²) in [4.78, 5) is 15.9. The van der Waals surface area contributed by atoms with Crippen LogP contribution >= 0.6 is 0 Å². The van der Waals surface area contributed by atoms with E-state index in [0.29, 0.717) is 12.2 Å². The van der Waals surface area contributed by atoms with E-state index in [-0.39, 0.29) is 17.9 Å². The summed E-state index contributed by atoms with van der Waals surface area (Å²) < 4.78 is 15.8. The second-order valence-corrected chi connectivity index (χ2v) is 4.61. The van der Waals surface area contributed by atoms with E-state index in [2.05, 4.69) is 20.7 Å². The number of amides is 1. The summed E-state index contributed by atoms with van der Waals surface area (Å²) in [7, 11) is 1.79. The molecule has 7 heteroatoms. The van der Waals surface area contributed by atoms with Crippen LogP contribution in [0, 0.1) is 5.82 Å². The number of halogens is 1. The number of aromatic nitrogens is 3. The predicted molar refractivity (Wildman–Crippen MR) is 77.4 cm³/mol. The molecule has 0 unspecified atom stereocenters. The maximum Gasteiger partial charge on any atom is 0.254 e. The summed E-state index contributed by atoms with van der Waals surface area (Å²) in [5, 5.41) is 9.64. The molecule has 0 aromatic carbocycles. The van der Waals surface area contributed by atoms with Gasteiger partial charge in [-0.15, -0.1) is 0 Å². The molecule has 0 fully saturated rings. The first-order chi connectivity index (χ1) is 10.1. The molecule has 6 nitrogen and oxygen atoms in total. The molecule has 2 aromatic heterocycles. The highest BCUT2D eigenvalue weighted by molar-refractivity contribution is 5.95. The minimum absolute atomic E-state index is 0.0282. The highest BCUT2D eigenvalue weighted by Gasteiger charge is 2.15. The van der Waals surface area contributed by atoms with E-state index in [1.54, 1.807) is 24.0 Å². The average molecular weight is 291 g/mol. The number of hydrogen-bond donors (Lipinski definition) is 2. The zero-order valence-electron chi connectivity index (χ0n) is 12.1. The highest BCUT2D eigenvalue weighted by atomic mass is 19.1. The standard InChI is InChI=1S/C14H18FN5O/c1-3-6-16-13-12(15)11(4-7-17-13)14(21)18-9-10-5-8-20(2)19-10/h4-5,7-8H,3,6,9H2,1-2H3,(H,16,17)(H,18,21). The topological polar surface area (TPSA) is 71.8 Å². The van der Waals surface area contributed by atoms with Gasteiger partial charge in [-0.05, 0) is 18.6 Å². The Morgan fingerprint density at radius 1 is 1.43 bits per heavy atom. The van der Waals surface area contributed by atoms with E-state index in [1.165, 1.54) is 12.3 Å². The number of rotatable bonds is 6. The first kappa shape index (κ1) is 15.0. The van der Waals surface area contributed by atoms with E-state index in [9.17, 15) is 9.18 Å². The normalized spacial score (nSPS) is 10.4. The predicted octanol–water partition coefficient (Wildman–Crippen LogP) is 1.71. The van der Waals surface area contributed by atoms with Crippen molar-refractivity contribution in [1.82, 2.24) is 20.1 Å². The Morgan fingerprint density at radius 3 is 2.90 bits per heavy atom. The lowest BCUT2D eigenvalue weighted by atomic mass is 10.2. The molecule has 21 heavy (non-hydrogen) atoms. The lowest BCUT2D eigenvalue weighted by molar-refractivity contribution is 0.0946. The summed E-state index contributed by atoms with van der Waals surface area (Å²) in [6, 6.07) is 3.15. The Kier molecular flexibility index (Phi) is 4.86. The van der Waals surface area contributed by atoms with Gasteiger partial charge in [0, 0.05) is 26.0 Å². The SMILES string of the molecule is CCCNc1nccc(C(=O)NCc2ccn(C)n2)c1F. The molecule has 112 valence electrons. The van der Waals surface area contributed by atoms with Crippen LogP contribution < -0.4 is 10.6 Å². The third-order valence-electron chi connectivity index (χ3n) is 2.88. The molecule has 0 aliphatic rings. The van der Waals surface area contributed by atoms with Gasteiger partial charge in [-0.3, -0.25) is 9.48 Å². The molecule has 1 amide bonds. The Labute approximate surface area is 122 Å². The monoisotopic (exact) mass is 291 g/mol. The van der Waals surface area contributed by atoms with Crippen molar-refractivity contribution >= 4 is 11.7 Å². The summed E-state index contributed by atoms with van der Waals surface area (Å²) in [5.74, 6) is -1.02. The van der Waals surface area contributed by atoms with Crippen LogP contribution in [0.2, 0.25) is 0 Å². The molecule has 0 spiro atoms. The molecule has 0 aliphatic heterocycles. The quantitative estimate of drug-likeness (QED) is 0.850. The number of nitrogens with one attached hydrogen (secondary N) is 2. The van der Waals surface area contributed by atoms with Gasteiger partial charge in [0.2, 0.25) is 0 Å². The van der Waals surface area contributed by atoms with Gasteiger partial charge in [-0.25, -0.2) is 9.37 Å². The van der Waals surface area contributed by atoms with Gasteiger partial charge in [0.1, 0.15) is 0 Å². The fraction of sp³-hybridized carbons (Fsp3) is 0.357. The van der Waals surface area contributed by atoms with Crippen molar-refractivity contribution in [3.63, 3.8) is 0 Å². The lowest BCUT2D eigenvalue weighted by Crippen LogP contribution is -2.24. The summed E-state index contributed by atoms with van der Waals surface area (Å²) >= 11 is 0. The molecule has 0 radical (unpaired) electrons. The summed E-state index contributed by atoms with van der Waals surface area (Å²) in [6.45, 7) is 2.82. The average Bonchev–Trinajstić information content (AvgIpc) is 2.89. The van der Waals surface area contributed by atoms with Crippen LogP contribution in [0.3, 0.4) is 0 Å². The van der Waals surface area contributed by atoms with Crippen LogP contribution in [-0.4, -0.2) is 27.2 Å². The van der Waals surface area contributed by atoms with Gasteiger partial charge >= 0.3 is 0 Å². The first-order valence-corrected chi connectivity index (χ1v) is 6.77. The van der Waals surface area contributed by atoms with Crippen LogP contribution in [0.4, 0.5) is 10.2 Å². The minimum Gasteiger partial charge on any atom is -0.368 e. The van der Waals surface area contributed by atoms with Crippen LogP contribution in [0.5, 0.6) is 0 Å². The molecule has 2 aromatic rings. The molecule has 0 aliphatic carbocycles. The van der Waals surface area contributed by atoms with Gasteiger partial charge in [0.05, 0.1) is 17.8 Å². The Balaban J connectivity index is 2.04. The van der Waals surface area contributed by atoms with Crippen molar-refractivity contribution in [2.45, 2.75) is 19.9 Å². The highest BCUT2D eigenvalue weighted by Crippen LogP contribution is 2.15. The first-order valence-electron chi connectivity index (χ1n) is 6.77. The molecule has 2 rings (SSSR count). The second kappa shape index (κ2) is 6.83. The smallest absolute Gasteiger partial charge is 0.254 e. The van der Waals surface area contributed by atoms with E-state index < -0.39 is 11.7 Å². The van der Waals surface area contributed by atoms with Crippen molar-refractivity contribution in [1.29, 1.82) is 0 Å². The third kappa shape index (κ3) is 3.77. The van der Waals surface area contributed by atoms with Gasteiger partial charge in [-0.2, -0.15) is 5.10 Å². The van der Waals surface area contributed by atoms with Gasteiger partial charge in [0.15, 0.2) is 11.6 Å². The van der Waals surface area contributed by atoms with Crippen molar-refractivity contribution in [2.75, 3.05) is 11.9 Å². The molecule has 0 saturated carbocycles. The summed E-state index contributed by atoms with van der Waals surface area (Å²) in [5.41, 5.74) is 0.684. The van der Waals surface area contributed by atoms with E-state index in [1.807, 2.05) is 6.92 Å². The van der Waals surface area contributed by atoms with E-state index in [0.717, 1.165) is 6.42 Å². The number of hydrogen-bond acceptors (Lipinski definition) is 4. The van der Waals surface area contributed by atoms with Crippen LogP contribution in [0.1, 0.15) is 29.4 Å². The minimum atomic E-state index is -0.635. The number of pyridine rings is 1. The number of carbonyl (C=O) groups is 1. The van der Waals surface area contributed by atoms with Crippen LogP contribution in [0.15, 0.2) is 24.5 Å². The zero-order chi connectivity index (χ0) is 15.2. The van der Waals surface area contributed by atoms with Crippen molar-refractivity contribution < 1.29 is 9.18 Å². The zero-order valence-corrected chi connectivity index (χ0v) is 12.1. The van der Waals surface area contributed by atoms with Crippen LogP contribution in [0.25, 0.3) is 0 Å². The largest absolute Gasteiger partial charge is 0.368 e. The Morgan fingerprint density at radius 2 is 2.24 bits per heavy atom. The fourth-order valence-corrected chi connectivity index (χ4v) is 1.81. The van der Waals surface area contributed by atoms with Crippen molar-refractivity contribution in [3.8, 4) is 0 Å². The molecular formula is C14H18FN5O. The van der Waals surface area contributed by atoms with Crippen molar-refractivity contribution in [3.05, 3.63) is 41.6 Å². The molecule has 0 bridgehead atoms. The van der Waals surface area contributed by atoms with Gasteiger partial charge < -0.3 is 10.6 Å². The summed E-state index contributed by atoms with van der Waals surface area (Å²) in [6.07, 6.45) is 4.04. The number of anilines is 1. The Hall–Kier alpha value is -2.44. The maximum atomic E-state index is 14.2. The fourth-order valence-electron chi connectivity index (χ4n) is 1.81. The van der Waals surface area contributed by atoms with E-state index in [4.69, 9.17) is 0 Å². The van der Waals surface area contributed by atoms with Gasteiger partial charge in [-0.1, -0.05) is 6.92 Å². The van der Waals surface area contributed by atoms with Gasteiger partial charge in [0.25, 0.3) is 5.91 Å². The number of aryl methyl sites for hydroxylation is 1. The second-order valence-electron chi connectivity index (χ2n) is 4.61. The Bertz CT molecular complexity index is 626. The maximum absolute atomic E-state index is 14.2. The molecule has 0 atom stereocenters. The lowest BCUT2D eigenvalue weighted by Gasteiger charge is -2.09. The van der Waals surface area contributed by atoms with Crippen molar-refractivity contribution in [2.24, 2.45) is 7.05 Å². The molecule has 2 N–H and O–H groups in total. The number of carbonyl (C=O) groups excluding carboxylic acids is 1. The number of nitrogens with zero attached hydrogens (tertiary/aromatic N) is 3. The third-order valence-corrected chi connectivity index (χ3v) is 2.88. The molecular weight excluding hydrogens is 273 g/mol. The van der Waals surface area contributed by atoms with Crippen LogP contribution in [-0.2, 0) is 13.6 Å². The molecule has 0 saturated heterocycles.